The number of unbranched alkanes of at least 4 members (excludes halogenated alkanes) is 2. The highest BCUT2D eigenvalue weighted by molar-refractivity contribution is 5.76. The van der Waals surface area contributed by atoms with Crippen molar-refractivity contribution in [3.63, 3.8) is 0 Å². The number of hydrogen-bond acceptors (Lipinski definition) is 1. The highest BCUT2D eigenvalue weighted by Crippen LogP contribution is 2.26. The van der Waals surface area contributed by atoms with Crippen molar-refractivity contribution in [3.05, 3.63) is 59.7 Å². The maximum atomic E-state index is 13.2. The van der Waals surface area contributed by atoms with Gasteiger partial charge < -0.3 is 9.47 Å². The fraction of sp³-hybridized carbons (Fsp3) is 0.577. The lowest BCUT2D eigenvalue weighted by molar-refractivity contribution is -0.133. The number of aromatic nitrogens is 1. The quantitative estimate of drug-likeness (QED) is 0.378. The monoisotopic (exact) mass is 414 g/mol. The third-order valence-corrected chi connectivity index (χ3v) is 5.41. The summed E-state index contributed by atoms with van der Waals surface area (Å²) in [6.07, 6.45) is 7.00. The molecule has 166 valence electrons. The standard InChI is InChI=1S/C26H39FN2O/c1-6-7-8-15-29(25(30)17-21(2)18-26(3,4)5)20-24-10-9-16-28(24)19-22-11-13-23(27)14-12-22/h9-14,16,21H,6-8,15,17-20H2,1-5H3. The van der Waals surface area contributed by atoms with Crippen LogP contribution in [-0.2, 0) is 17.9 Å². The Kier molecular flexibility index (Phi) is 9.13. The summed E-state index contributed by atoms with van der Waals surface area (Å²) < 4.78 is 15.4. The molecule has 2 aromatic rings. The van der Waals surface area contributed by atoms with Crippen LogP contribution in [-0.4, -0.2) is 21.9 Å². The van der Waals surface area contributed by atoms with Crippen molar-refractivity contribution in [1.29, 1.82) is 0 Å². The van der Waals surface area contributed by atoms with Gasteiger partial charge in [-0.25, -0.2) is 4.39 Å². The number of amides is 1. The Labute approximate surface area is 182 Å². The van der Waals surface area contributed by atoms with Crippen LogP contribution < -0.4 is 0 Å². The summed E-state index contributed by atoms with van der Waals surface area (Å²) in [7, 11) is 0. The van der Waals surface area contributed by atoms with E-state index in [1.165, 1.54) is 12.1 Å². The summed E-state index contributed by atoms with van der Waals surface area (Å²) in [5.74, 6) is 0.401. The maximum Gasteiger partial charge on any atom is 0.223 e. The van der Waals surface area contributed by atoms with Crippen molar-refractivity contribution in [2.75, 3.05) is 6.54 Å². The highest BCUT2D eigenvalue weighted by atomic mass is 19.1. The Morgan fingerprint density at radius 3 is 2.47 bits per heavy atom. The molecular weight excluding hydrogens is 375 g/mol. The molecule has 0 aliphatic carbocycles. The van der Waals surface area contributed by atoms with Crippen LogP contribution >= 0.6 is 0 Å². The number of rotatable bonds is 11. The first-order valence-corrected chi connectivity index (χ1v) is 11.3. The lowest BCUT2D eigenvalue weighted by Gasteiger charge is -2.27. The molecule has 0 radical (unpaired) electrons. The first kappa shape index (κ1) is 24.2. The predicted octanol–water partition coefficient (Wildman–Crippen LogP) is 6.66. The molecule has 0 aliphatic heterocycles. The van der Waals surface area contributed by atoms with Gasteiger partial charge in [0.25, 0.3) is 0 Å². The van der Waals surface area contributed by atoms with E-state index in [0.717, 1.165) is 43.5 Å². The van der Waals surface area contributed by atoms with Gasteiger partial charge in [0.05, 0.1) is 6.54 Å². The van der Waals surface area contributed by atoms with Crippen LogP contribution in [0.4, 0.5) is 4.39 Å². The zero-order chi connectivity index (χ0) is 22.1. The lowest BCUT2D eigenvalue weighted by Crippen LogP contribution is -2.33. The first-order valence-electron chi connectivity index (χ1n) is 11.3. The van der Waals surface area contributed by atoms with Crippen LogP contribution in [0.1, 0.15) is 78.0 Å². The molecule has 0 aliphatic rings. The largest absolute Gasteiger partial charge is 0.345 e. The minimum absolute atomic E-state index is 0.219. The average molecular weight is 415 g/mol. The number of carbonyl (C=O) groups excluding carboxylic acids is 1. The number of benzene rings is 1. The van der Waals surface area contributed by atoms with Gasteiger partial charge in [-0.05, 0) is 54.0 Å². The van der Waals surface area contributed by atoms with Crippen LogP contribution in [0.2, 0.25) is 0 Å². The smallest absolute Gasteiger partial charge is 0.223 e. The van der Waals surface area contributed by atoms with Crippen molar-refractivity contribution >= 4 is 5.91 Å². The second kappa shape index (κ2) is 11.3. The molecule has 0 saturated carbocycles. The topological polar surface area (TPSA) is 25.2 Å². The number of carbonyl (C=O) groups is 1. The zero-order valence-corrected chi connectivity index (χ0v) is 19.5. The van der Waals surface area contributed by atoms with E-state index >= 15 is 0 Å². The molecule has 0 saturated heterocycles. The minimum atomic E-state index is -0.219. The minimum Gasteiger partial charge on any atom is -0.345 e. The van der Waals surface area contributed by atoms with E-state index in [1.807, 2.05) is 29.3 Å². The van der Waals surface area contributed by atoms with Crippen molar-refractivity contribution in [3.8, 4) is 0 Å². The van der Waals surface area contributed by atoms with Gasteiger partial charge in [0, 0.05) is 31.4 Å². The zero-order valence-electron chi connectivity index (χ0n) is 19.5. The van der Waals surface area contributed by atoms with E-state index in [9.17, 15) is 9.18 Å². The summed E-state index contributed by atoms with van der Waals surface area (Å²) in [6.45, 7) is 13.2. The SMILES string of the molecule is CCCCCN(Cc1cccn1Cc1ccc(F)cc1)C(=O)CC(C)CC(C)(C)C. The number of halogens is 1. The van der Waals surface area contributed by atoms with Gasteiger partial charge in [0.2, 0.25) is 5.91 Å². The summed E-state index contributed by atoms with van der Waals surface area (Å²) in [5.41, 5.74) is 2.40. The molecule has 3 nitrogen and oxygen atoms in total. The lowest BCUT2D eigenvalue weighted by atomic mass is 9.84. The van der Waals surface area contributed by atoms with E-state index < -0.39 is 0 Å². The predicted molar refractivity (Wildman–Crippen MR) is 123 cm³/mol. The third-order valence-electron chi connectivity index (χ3n) is 5.41. The summed E-state index contributed by atoms with van der Waals surface area (Å²) >= 11 is 0. The normalized spacial score (nSPS) is 12.7. The van der Waals surface area contributed by atoms with E-state index in [4.69, 9.17) is 0 Å². The van der Waals surface area contributed by atoms with Crippen molar-refractivity contribution in [2.24, 2.45) is 11.3 Å². The van der Waals surface area contributed by atoms with Gasteiger partial charge in [0.1, 0.15) is 5.82 Å². The van der Waals surface area contributed by atoms with Crippen molar-refractivity contribution < 1.29 is 9.18 Å². The summed E-state index contributed by atoms with van der Waals surface area (Å²) in [4.78, 5) is 15.2. The molecule has 4 heteroatoms. The Morgan fingerprint density at radius 2 is 1.83 bits per heavy atom. The highest BCUT2D eigenvalue weighted by Gasteiger charge is 2.21. The molecule has 0 fully saturated rings. The van der Waals surface area contributed by atoms with Gasteiger partial charge in [-0.2, -0.15) is 0 Å². The second-order valence-corrected chi connectivity index (χ2v) is 9.85. The molecule has 2 rings (SSSR count). The van der Waals surface area contributed by atoms with E-state index in [-0.39, 0.29) is 17.1 Å². The molecule has 1 amide bonds. The molecule has 1 unspecified atom stereocenters. The second-order valence-electron chi connectivity index (χ2n) is 9.85. The van der Waals surface area contributed by atoms with Crippen LogP contribution in [0.5, 0.6) is 0 Å². The Morgan fingerprint density at radius 1 is 1.13 bits per heavy atom. The van der Waals surface area contributed by atoms with Crippen LogP contribution in [0.15, 0.2) is 42.6 Å². The molecule has 1 aromatic carbocycles. The van der Waals surface area contributed by atoms with Gasteiger partial charge >= 0.3 is 0 Å². The molecule has 0 bridgehead atoms. The average Bonchev–Trinajstić information content (AvgIpc) is 3.08. The Bertz CT molecular complexity index is 773. The van der Waals surface area contributed by atoms with E-state index in [0.29, 0.717) is 25.4 Å². The summed E-state index contributed by atoms with van der Waals surface area (Å²) in [6, 6.07) is 10.7. The number of hydrogen-bond donors (Lipinski definition) is 0. The molecular formula is C26H39FN2O. The van der Waals surface area contributed by atoms with Crippen molar-refractivity contribution in [2.45, 2.75) is 79.8 Å². The molecule has 1 heterocycles. The summed E-state index contributed by atoms with van der Waals surface area (Å²) in [5, 5.41) is 0. The molecule has 1 aromatic heterocycles. The van der Waals surface area contributed by atoms with E-state index in [1.54, 1.807) is 0 Å². The number of nitrogens with zero attached hydrogens (tertiary/aromatic N) is 2. The third kappa shape index (κ3) is 8.33. The molecule has 0 spiro atoms. The van der Waals surface area contributed by atoms with E-state index in [2.05, 4.69) is 45.3 Å². The Hall–Kier alpha value is -2.10. The molecule has 30 heavy (non-hydrogen) atoms. The molecule has 0 N–H and O–H groups in total. The van der Waals surface area contributed by atoms with Crippen LogP contribution in [0, 0.1) is 17.2 Å². The Balaban J connectivity index is 2.07. The van der Waals surface area contributed by atoms with Crippen molar-refractivity contribution in [1.82, 2.24) is 9.47 Å². The van der Waals surface area contributed by atoms with Gasteiger partial charge in [0.15, 0.2) is 0 Å². The van der Waals surface area contributed by atoms with Gasteiger partial charge in [-0.3, -0.25) is 4.79 Å². The fourth-order valence-electron chi connectivity index (χ4n) is 4.12. The van der Waals surface area contributed by atoms with Crippen LogP contribution in [0.25, 0.3) is 0 Å². The van der Waals surface area contributed by atoms with Gasteiger partial charge in [-0.15, -0.1) is 0 Å². The fourth-order valence-corrected chi connectivity index (χ4v) is 4.12. The van der Waals surface area contributed by atoms with Crippen LogP contribution in [0.3, 0.4) is 0 Å². The molecule has 1 atom stereocenters. The maximum absolute atomic E-state index is 13.2. The first-order chi connectivity index (χ1) is 14.2. The van der Waals surface area contributed by atoms with Gasteiger partial charge in [-0.1, -0.05) is 59.6 Å².